The van der Waals surface area contributed by atoms with Gasteiger partial charge in [-0.2, -0.15) is 5.10 Å². The number of fused-ring (bicyclic) bond motifs is 1. The molecule has 0 atom stereocenters. The number of aryl methyl sites for hydroxylation is 1. The molecule has 0 N–H and O–H groups in total. The van der Waals surface area contributed by atoms with Gasteiger partial charge in [-0.15, -0.1) is 0 Å². The zero-order chi connectivity index (χ0) is 14.3. The Bertz CT molecular complexity index is 796. The number of benzene rings is 1. The van der Waals surface area contributed by atoms with Gasteiger partial charge in [-0.1, -0.05) is 18.2 Å². The summed E-state index contributed by atoms with van der Waals surface area (Å²) in [4.78, 5) is 12.4. The van der Waals surface area contributed by atoms with Gasteiger partial charge in [0, 0.05) is 11.1 Å². The summed E-state index contributed by atoms with van der Waals surface area (Å²) in [6.45, 7) is 6.20. The van der Waals surface area contributed by atoms with Crippen molar-refractivity contribution in [2.24, 2.45) is 0 Å². The number of nitrogens with zero attached hydrogens (tertiary/aromatic N) is 2. The van der Waals surface area contributed by atoms with E-state index in [0.29, 0.717) is 5.56 Å². The number of ketones is 1. The molecule has 0 saturated heterocycles. The second-order valence-electron chi connectivity index (χ2n) is 5.02. The lowest BCUT2D eigenvalue weighted by atomic mass is 10.1. The maximum atomic E-state index is 12.4. The van der Waals surface area contributed by atoms with Crippen molar-refractivity contribution in [1.82, 2.24) is 9.78 Å². The number of para-hydroxylation sites is 1. The predicted octanol–water partition coefficient (Wildman–Crippen LogP) is 3.44. The molecular formula is C16H16N2O2. The van der Waals surface area contributed by atoms with Crippen molar-refractivity contribution in [3.05, 3.63) is 53.0 Å². The maximum Gasteiger partial charge on any atom is 0.188 e. The Kier molecular flexibility index (Phi) is 2.93. The van der Waals surface area contributed by atoms with Crippen LogP contribution in [-0.2, 0) is 6.54 Å². The first-order valence-electron chi connectivity index (χ1n) is 6.58. The number of Topliss-reactive ketones (excluding diaryl/α,β-unsaturated/α-hetero) is 1. The molecular weight excluding hydrogens is 252 g/mol. The molecule has 20 heavy (non-hydrogen) atoms. The van der Waals surface area contributed by atoms with E-state index in [2.05, 4.69) is 5.10 Å². The summed E-state index contributed by atoms with van der Waals surface area (Å²) in [6, 6.07) is 7.56. The lowest BCUT2D eigenvalue weighted by molar-refractivity contribution is 0.0967. The number of carbonyl (C=O) groups excluding carboxylic acids is 1. The van der Waals surface area contributed by atoms with Crippen LogP contribution >= 0.6 is 0 Å². The number of hydrogen-bond acceptors (Lipinski definition) is 3. The van der Waals surface area contributed by atoms with Crippen LogP contribution in [0.15, 0.2) is 34.9 Å². The van der Waals surface area contributed by atoms with E-state index in [4.69, 9.17) is 4.42 Å². The molecule has 0 aliphatic carbocycles. The number of carbonyl (C=O) groups is 1. The van der Waals surface area contributed by atoms with Crippen LogP contribution < -0.4 is 0 Å². The van der Waals surface area contributed by atoms with Gasteiger partial charge in [-0.25, -0.2) is 0 Å². The Hall–Kier alpha value is -2.36. The molecule has 4 nitrogen and oxygen atoms in total. The Balaban J connectivity index is 1.95. The minimum absolute atomic E-state index is 0.0144. The standard InChI is InChI=1S/C16H16N2O2/c1-10-11(2)17-18(12(10)3)8-15(19)14-9-20-16-7-5-4-6-13(14)16/h4-7,9H,8H2,1-3H3. The van der Waals surface area contributed by atoms with Crippen LogP contribution in [0.4, 0.5) is 0 Å². The second kappa shape index (κ2) is 4.63. The fraction of sp³-hybridized carbons (Fsp3) is 0.250. The third-order valence-corrected chi connectivity index (χ3v) is 3.82. The molecule has 102 valence electrons. The normalized spacial score (nSPS) is 11.2. The average molecular weight is 268 g/mol. The van der Waals surface area contributed by atoms with E-state index in [1.165, 1.54) is 6.26 Å². The van der Waals surface area contributed by atoms with Crippen LogP contribution in [0.25, 0.3) is 11.0 Å². The molecule has 0 unspecified atom stereocenters. The Morgan fingerprint density at radius 2 is 2.00 bits per heavy atom. The second-order valence-corrected chi connectivity index (χ2v) is 5.02. The van der Waals surface area contributed by atoms with E-state index in [9.17, 15) is 4.79 Å². The van der Waals surface area contributed by atoms with E-state index in [1.54, 1.807) is 4.68 Å². The molecule has 2 heterocycles. The van der Waals surface area contributed by atoms with Gasteiger partial charge in [-0.3, -0.25) is 9.48 Å². The van der Waals surface area contributed by atoms with Crippen molar-refractivity contribution in [1.29, 1.82) is 0 Å². The minimum Gasteiger partial charge on any atom is -0.464 e. The quantitative estimate of drug-likeness (QED) is 0.684. The largest absolute Gasteiger partial charge is 0.464 e. The summed E-state index contributed by atoms with van der Waals surface area (Å²) in [5.74, 6) is 0.0144. The highest BCUT2D eigenvalue weighted by atomic mass is 16.3. The van der Waals surface area contributed by atoms with Crippen molar-refractivity contribution in [2.75, 3.05) is 0 Å². The van der Waals surface area contributed by atoms with E-state index in [-0.39, 0.29) is 12.3 Å². The van der Waals surface area contributed by atoms with Gasteiger partial charge in [0.2, 0.25) is 0 Å². The molecule has 2 aromatic heterocycles. The van der Waals surface area contributed by atoms with Crippen LogP contribution in [-0.4, -0.2) is 15.6 Å². The molecule has 0 fully saturated rings. The SMILES string of the molecule is Cc1nn(CC(=O)c2coc3ccccc23)c(C)c1C. The molecule has 1 aromatic carbocycles. The zero-order valence-electron chi connectivity index (χ0n) is 11.8. The summed E-state index contributed by atoms with van der Waals surface area (Å²) in [5.41, 5.74) is 4.48. The molecule has 0 radical (unpaired) electrons. The number of aromatic nitrogens is 2. The molecule has 0 aliphatic heterocycles. The Morgan fingerprint density at radius 1 is 1.25 bits per heavy atom. The first-order valence-corrected chi connectivity index (χ1v) is 6.58. The third kappa shape index (κ3) is 1.93. The van der Waals surface area contributed by atoms with Gasteiger partial charge in [0.05, 0.1) is 11.3 Å². The Morgan fingerprint density at radius 3 is 2.70 bits per heavy atom. The molecule has 4 heteroatoms. The smallest absolute Gasteiger partial charge is 0.188 e. The highest BCUT2D eigenvalue weighted by Gasteiger charge is 2.16. The predicted molar refractivity (Wildman–Crippen MR) is 77.0 cm³/mol. The lowest BCUT2D eigenvalue weighted by Gasteiger charge is -2.03. The van der Waals surface area contributed by atoms with Crippen LogP contribution in [0.3, 0.4) is 0 Å². The fourth-order valence-corrected chi connectivity index (χ4v) is 2.36. The average Bonchev–Trinajstić information content (AvgIpc) is 2.97. The van der Waals surface area contributed by atoms with Gasteiger partial charge >= 0.3 is 0 Å². The van der Waals surface area contributed by atoms with Crippen molar-refractivity contribution >= 4 is 16.8 Å². The number of hydrogen-bond donors (Lipinski definition) is 0. The van der Waals surface area contributed by atoms with E-state index < -0.39 is 0 Å². The van der Waals surface area contributed by atoms with Crippen LogP contribution in [0, 0.1) is 20.8 Å². The fourth-order valence-electron chi connectivity index (χ4n) is 2.36. The highest BCUT2D eigenvalue weighted by Crippen LogP contribution is 2.22. The third-order valence-electron chi connectivity index (χ3n) is 3.82. The molecule has 0 aliphatic rings. The highest BCUT2D eigenvalue weighted by molar-refractivity contribution is 6.06. The summed E-state index contributed by atoms with van der Waals surface area (Å²) in [7, 11) is 0. The lowest BCUT2D eigenvalue weighted by Crippen LogP contribution is -2.12. The monoisotopic (exact) mass is 268 g/mol. The number of furan rings is 1. The molecule has 3 rings (SSSR count). The van der Waals surface area contributed by atoms with Crippen molar-refractivity contribution in [3.63, 3.8) is 0 Å². The summed E-state index contributed by atoms with van der Waals surface area (Å²) < 4.78 is 7.18. The first-order chi connectivity index (χ1) is 9.58. The Labute approximate surface area is 117 Å². The number of rotatable bonds is 3. The van der Waals surface area contributed by atoms with Crippen LogP contribution in [0.1, 0.15) is 27.3 Å². The summed E-state index contributed by atoms with van der Waals surface area (Å²) >= 11 is 0. The van der Waals surface area contributed by atoms with Gasteiger partial charge in [-0.05, 0) is 32.4 Å². The van der Waals surface area contributed by atoms with Crippen LogP contribution in [0.2, 0.25) is 0 Å². The first kappa shape index (κ1) is 12.7. The van der Waals surface area contributed by atoms with Crippen LogP contribution in [0.5, 0.6) is 0 Å². The van der Waals surface area contributed by atoms with Gasteiger partial charge in [0.1, 0.15) is 18.4 Å². The topological polar surface area (TPSA) is 48.0 Å². The molecule has 0 saturated carbocycles. The van der Waals surface area contributed by atoms with E-state index >= 15 is 0 Å². The molecule has 0 amide bonds. The van der Waals surface area contributed by atoms with Crippen molar-refractivity contribution in [3.8, 4) is 0 Å². The van der Waals surface area contributed by atoms with Crippen molar-refractivity contribution < 1.29 is 9.21 Å². The minimum atomic E-state index is 0.0144. The van der Waals surface area contributed by atoms with E-state index in [1.807, 2.05) is 45.0 Å². The maximum absolute atomic E-state index is 12.4. The van der Waals surface area contributed by atoms with Crippen molar-refractivity contribution in [2.45, 2.75) is 27.3 Å². The molecule has 3 aromatic rings. The van der Waals surface area contributed by atoms with Gasteiger partial charge < -0.3 is 4.42 Å². The van der Waals surface area contributed by atoms with E-state index in [0.717, 1.165) is 27.9 Å². The summed E-state index contributed by atoms with van der Waals surface area (Å²) in [5, 5.41) is 5.26. The zero-order valence-corrected chi connectivity index (χ0v) is 11.8. The molecule has 0 bridgehead atoms. The summed E-state index contributed by atoms with van der Waals surface area (Å²) in [6.07, 6.45) is 1.53. The molecule has 0 spiro atoms. The van der Waals surface area contributed by atoms with Gasteiger partial charge in [0.25, 0.3) is 0 Å². The van der Waals surface area contributed by atoms with Gasteiger partial charge in [0.15, 0.2) is 5.78 Å².